The van der Waals surface area contributed by atoms with Crippen molar-refractivity contribution in [3.05, 3.63) is 143 Å². The minimum Gasteiger partial charge on any atom is -0.309 e. The largest absolute Gasteiger partial charge is 0.420 e. The van der Waals surface area contributed by atoms with Crippen LogP contribution in [0.4, 0.5) is 65.9 Å². The number of nitrogens with zero attached hydrogens (tertiary/aromatic N) is 3. The molecule has 8 rings (SSSR count). The summed E-state index contributed by atoms with van der Waals surface area (Å²) in [6.07, 6.45) is -25.7. The topological polar surface area (TPSA) is 33.6 Å². The van der Waals surface area contributed by atoms with Gasteiger partial charge in [0.1, 0.15) is 5.56 Å². The van der Waals surface area contributed by atoms with E-state index < -0.39 is 114 Å². The van der Waals surface area contributed by atoms with Gasteiger partial charge in [-0.3, -0.25) is 0 Å². The summed E-state index contributed by atoms with van der Waals surface area (Å²) >= 11 is 0. The van der Waals surface area contributed by atoms with E-state index in [1.807, 2.05) is 6.07 Å². The summed E-state index contributed by atoms with van der Waals surface area (Å²) in [7, 11) is 0. The van der Waals surface area contributed by atoms with Crippen LogP contribution in [0, 0.1) is 11.3 Å². The van der Waals surface area contributed by atoms with E-state index >= 15 is 13.2 Å². The van der Waals surface area contributed by atoms with Gasteiger partial charge in [-0.25, -0.2) is 0 Å². The molecule has 0 amide bonds. The lowest BCUT2D eigenvalue weighted by Crippen LogP contribution is -2.17. The SMILES string of the molecule is N#Cc1cccc(-c2ccc(-n3c4ccc(C(F)(F)F)cc4c4cc(C(F)(F)F)ccc43)c(C(F)(F)F)c2-n2c3ccc(C(F)(F)F)cc3c3cc(C(F)(F)F)ccc32)c1. The maximum atomic E-state index is 16.1. The predicted molar refractivity (Wildman–Crippen MR) is 190 cm³/mol. The Labute approximate surface area is 325 Å². The molecule has 60 heavy (non-hydrogen) atoms. The van der Waals surface area contributed by atoms with Crippen LogP contribution in [0.1, 0.15) is 33.4 Å². The van der Waals surface area contributed by atoms with Gasteiger partial charge in [-0.05, 0) is 96.6 Å². The van der Waals surface area contributed by atoms with Gasteiger partial charge in [-0.1, -0.05) is 18.2 Å². The Morgan fingerprint density at radius 3 is 1.13 bits per heavy atom. The summed E-state index contributed by atoms with van der Waals surface area (Å²) in [5.74, 6) is 0. The van der Waals surface area contributed by atoms with Crippen molar-refractivity contribution in [2.75, 3.05) is 0 Å². The van der Waals surface area contributed by atoms with Crippen LogP contribution < -0.4 is 0 Å². The highest BCUT2D eigenvalue weighted by atomic mass is 19.4. The van der Waals surface area contributed by atoms with Crippen molar-refractivity contribution in [2.45, 2.75) is 30.9 Å². The summed E-state index contributed by atoms with van der Waals surface area (Å²) < 4.78 is 218. The molecule has 306 valence electrons. The van der Waals surface area contributed by atoms with E-state index in [1.54, 1.807) is 0 Å². The predicted octanol–water partition coefficient (Wildman–Crippen LogP) is 14.5. The molecule has 0 radical (unpaired) electrons. The van der Waals surface area contributed by atoms with E-state index in [1.165, 1.54) is 24.3 Å². The van der Waals surface area contributed by atoms with Crippen molar-refractivity contribution in [3.63, 3.8) is 0 Å². The lowest BCUT2D eigenvalue weighted by Gasteiger charge is -2.24. The van der Waals surface area contributed by atoms with Gasteiger partial charge in [0, 0.05) is 27.1 Å². The smallest absolute Gasteiger partial charge is 0.309 e. The third-order valence-electron chi connectivity index (χ3n) is 10.0. The highest BCUT2D eigenvalue weighted by Crippen LogP contribution is 2.49. The Balaban J connectivity index is 1.60. The maximum Gasteiger partial charge on any atom is 0.420 e. The molecule has 0 saturated carbocycles. The number of nitriles is 1. The normalized spacial score (nSPS) is 13.2. The molecular formula is C42H18F15N3. The summed E-state index contributed by atoms with van der Waals surface area (Å²) in [5.41, 5.74) is -11.0. The van der Waals surface area contributed by atoms with Crippen molar-refractivity contribution in [2.24, 2.45) is 0 Å². The summed E-state index contributed by atoms with van der Waals surface area (Å²) in [4.78, 5) is 0. The number of alkyl halides is 15. The van der Waals surface area contributed by atoms with Crippen LogP contribution in [-0.4, -0.2) is 9.13 Å². The number of aromatic nitrogens is 2. The van der Waals surface area contributed by atoms with Crippen molar-refractivity contribution < 1.29 is 65.9 Å². The molecule has 0 aliphatic heterocycles. The Bertz CT molecular complexity index is 2950. The number of hydrogen-bond acceptors (Lipinski definition) is 1. The molecular weight excluding hydrogens is 831 g/mol. The van der Waals surface area contributed by atoms with Gasteiger partial charge in [0.2, 0.25) is 0 Å². The van der Waals surface area contributed by atoms with Crippen LogP contribution in [0.25, 0.3) is 66.1 Å². The third kappa shape index (κ3) is 6.61. The summed E-state index contributed by atoms with van der Waals surface area (Å²) in [6.45, 7) is 0. The molecule has 8 aromatic rings. The van der Waals surface area contributed by atoms with Gasteiger partial charge in [0.25, 0.3) is 0 Å². The number of halogens is 15. The zero-order chi connectivity index (χ0) is 43.5. The zero-order valence-electron chi connectivity index (χ0n) is 29.4. The fourth-order valence-electron chi connectivity index (χ4n) is 7.52. The van der Waals surface area contributed by atoms with Gasteiger partial charge in [-0.15, -0.1) is 0 Å². The van der Waals surface area contributed by atoms with Crippen LogP contribution in [0.3, 0.4) is 0 Å². The van der Waals surface area contributed by atoms with Crippen LogP contribution in [0.2, 0.25) is 0 Å². The van der Waals surface area contributed by atoms with E-state index in [9.17, 15) is 57.9 Å². The first kappa shape index (κ1) is 40.2. The van der Waals surface area contributed by atoms with E-state index in [0.717, 1.165) is 45.5 Å². The second-order valence-corrected chi connectivity index (χ2v) is 13.6. The average Bonchev–Trinajstić information content (AvgIpc) is 3.67. The summed E-state index contributed by atoms with van der Waals surface area (Å²) in [5, 5.41) is 7.52. The van der Waals surface area contributed by atoms with Gasteiger partial charge in [0.05, 0.1) is 67.3 Å². The Hall–Kier alpha value is -6.64. The quantitative estimate of drug-likeness (QED) is 0.163. The van der Waals surface area contributed by atoms with E-state index in [-0.39, 0.29) is 16.7 Å². The van der Waals surface area contributed by atoms with E-state index in [0.29, 0.717) is 48.5 Å². The fourth-order valence-corrected chi connectivity index (χ4v) is 7.52. The zero-order valence-corrected chi connectivity index (χ0v) is 29.4. The fraction of sp³-hybridized carbons (Fsp3) is 0.119. The van der Waals surface area contributed by atoms with Crippen LogP contribution in [-0.2, 0) is 30.9 Å². The van der Waals surface area contributed by atoms with Crippen molar-refractivity contribution >= 4 is 43.6 Å². The van der Waals surface area contributed by atoms with Crippen LogP contribution >= 0.6 is 0 Å². The lowest BCUT2D eigenvalue weighted by atomic mass is 9.96. The summed E-state index contributed by atoms with van der Waals surface area (Å²) in [6, 6.07) is 15.9. The minimum atomic E-state index is -5.53. The third-order valence-corrected chi connectivity index (χ3v) is 10.0. The molecule has 0 N–H and O–H groups in total. The minimum absolute atomic E-state index is 0.0636. The Morgan fingerprint density at radius 1 is 0.400 bits per heavy atom. The second kappa shape index (κ2) is 13.2. The standard InChI is InChI=1S/C42H18F15N3/c43-38(44,45)22-4-9-31-27(15-22)28-16-23(39(46,47)48)5-10-32(28)59(31)35-13-8-26(21-3-1-2-20(14-21)19-58)37(36(35)42(55,56)57)60-33-11-6-24(40(49,50)51)17-29(33)30-18-25(41(52,53)54)7-12-34(30)60/h1-18H. The highest BCUT2D eigenvalue weighted by molar-refractivity contribution is 6.12. The molecule has 0 saturated heterocycles. The molecule has 3 nitrogen and oxygen atoms in total. The molecule has 0 aliphatic rings. The second-order valence-electron chi connectivity index (χ2n) is 13.6. The van der Waals surface area contributed by atoms with E-state index in [2.05, 4.69) is 0 Å². The molecule has 0 unspecified atom stereocenters. The van der Waals surface area contributed by atoms with Gasteiger partial charge in [0.15, 0.2) is 0 Å². The highest BCUT2D eigenvalue weighted by Gasteiger charge is 2.42. The van der Waals surface area contributed by atoms with Gasteiger partial charge in [-0.2, -0.15) is 71.1 Å². The molecule has 6 aromatic carbocycles. The molecule has 0 fully saturated rings. The van der Waals surface area contributed by atoms with Crippen LogP contribution in [0.5, 0.6) is 0 Å². The van der Waals surface area contributed by atoms with Crippen molar-refractivity contribution in [3.8, 4) is 28.6 Å². The number of rotatable bonds is 3. The Kier molecular flexibility index (Phi) is 8.82. The molecule has 0 atom stereocenters. The molecule has 0 aliphatic carbocycles. The average molecular weight is 850 g/mol. The van der Waals surface area contributed by atoms with Crippen molar-refractivity contribution in [1.82, 2.24) is 9.13 Å². The number of benzene rings is 6. The van der Waals surface area contributed by atoms with Gasteiger partial charge >= 0.3 is 30.9 Å². The molecule has 2 heterocycles. The lowest BCUT2D eigenvalue weighted by molar-refractivity contribution is -0.138. The molecule has 18 heteroatoms. The maximum absolute atomic E-state index is 16.1. The van der Waals surface area contributed by atoms with Gasteiger partial charge < -0.3 is 9.13 Å². The molecule has 2 aromatic heterocycles. The van der Waals surface area contributed by atoms with Crippen LogP contribution in [0.15, 0.2) is 109 Å². The monoisotopic (exact) mass is 849 g/mol. The first-order valence-electron chi connectivity index (χ1n) is 17.1. The number of hydrogen-bond donors (Lipinski definition) is 0. The first-order valence-corrected chi connectivity index (χ1v) is 17.1. The first-order chi connectivity index (χ1) is 27.9. The van der Waals surface area contributed by atoms with Crippen molar-refractivity contribution in [1.29, 1.82) is 5.26 Å². The molecule has 0 spiro atoms. The number of fused-ring (bicyclic) bond motifs is 6. The molecule has 0 bridgehead atoms. The van der Waals surface area contributed by atoms with E-state index in [4.69, 9.17) is 0 Å². The Morgan fingerprint density at radius 2 is 0.783 bits per heavy atom.